The maximum atomic E-state index is 12.3. The average Bonchev–Trinajstić information content (AvgIpc) is 2.11. The summed E-state index contributed by atoms with van der Waals surface area (Å²) in [5, 5.41) is 0. The van der Waals surface area contributed by atoms with E-state index in [1.807, 2.05) is 0 Å². The second kappa shape index (κ2) is 5.16. The van der Waals surface area contributed by atoms with E-state index in [0.717, 1.165) is 11.8 Å². The largest absolute Gasteiger partial charge is 0.408 e. The minimum Gasteiger partial charge on any atom is -0.366 e. The molecule has 0 aliphatic carbocycles. The summed E-state index contributed by atoms with van der Waals surface area (Å²) >= 11 is 9.46. The molecule has 0 aromatic carbocycles. The van der Waals surface area contributed by atoms with Crippen molar-refractivity contribution in [2.75, 3.05) is 12.9 Å². The number of alkyl halides is 4. The molecule has 0 rings (SSSR count). The second-order valence-electron chi connectivity index (χ2n) is 2.99. The molecule has 0 aromatic rings. The van der Waals surface area contributed by atoms with E-state index in [0.29, 0.717) is 10.6 Å². The number of allylic oxidation sites excluding steroid dienone is 2. The van der Waals surface area contributed by atoms with Crippen LogP contribution >= 0.6 is 24.2 Å². The molecule has 1 unspecified atom stereocenters. The van der Waals surface area contributed by atoms with Gasteiger partial charge in [-0.3, -0.25) is 0 Å². The fraction of sp³-hybridized carbons (Fsp3) is 0.750. The minimum atomic E-state index is -4.24. The molecule has 0 fully saturated rings. The highest BCUT2D eigenvalue weighted by atomic mass is 35.5. The van der Waals surface area contributed by atoms with Gasteiger partial charge in [0.2, 0.25) is 0 Å². The number of rotatable bonds is 3. The first-order valence-corrected chi connectivity index (χ1v) is 4.94. The summed E-state index contributed by atoms with van der Waals surface area (Å²) < 4.78 is 36.9. The number of nitrogens with zero attached hydrogens (tertiary/aromatic N) is 1. The van der Waals surface area contributed by atoms with Crippen LogP contribution in [0.25, 0.3) is 0 Å². The summed E-state index contributed by atoms with van der Waals surface area (Å²) in [6.07, 6.45) is -4.24. The summed E-state index contributed by atoms with van der Waals surface area (Å²) in [6, 6.07) is -1.53. The van der Waals surface area contributed by atoms with E-state index in [9.17, 15) is 13.2 Å². The van der Waals surface area contributed by atoms with Crippen molar-refractivity contribution in [2.24, 2.45) is 0 Å². The van der Waals surface area contributed by atoms with Crippen molar-refractivity contribution >= 4 is 24.2 Å². The van der Waals surface area contributed by atoms with Gasteiger partial charge < -0.3 is 4.90 Å². The van der Waals surface area contributed by atoms with Crippen molar-refractivity contribution in [3.8, 4) is 0 Å². The lowest BCUT2D eigenvalue weighted by atomic mass is 10.2. The van der Waals surface area contributed by atoms with E-state index < -0.39 is 12.2 Å². The normalized spacial score (nSPS) is 16.3. The van der Waals surface area contributed by atoms with Crippen LogP contribution in [-0.2, 0) is 0 Å². The Labute approximate surface area is 92.3 Å². The number of hydrogen-bond donors (Lipinski definition) is 1. The van der Waals surface area contributed by atoms with Crippen molar-refractivity contribution in [2.45, 2.75) is 26.1 Å². The van der Waals surface area contributed by atoms with Gasteiger partial charge in [0.25, 0.3) is 0 Å². The predicted octanol–water partition coefficient (Wildman–Crippen LogP) is 3.27. The third-order valence-electron chi connectivity index (χ3n) is 2.13. The van der Waals surface area contributed by atoms with Gasteiger partial charge in [-0.15, -0.1) is 24.2 Å². The van der Waals surface area contributed by atoms with Gasteiger partial charge in [0, 0.05) is 17.6 Å². The Kier molecular flexibility index (Phi) is 5.15. The van der Waals surface area contributed by atoms with Crippen LogP contribution in [0.4, 0.5) is 13.2 Å². The van der Waals surface area contributed by atoms with Gasteiger partial charge >= 0.3 is 6.18 Å². The molecule has 0 amide bonds. The van der Waals surface area contributed by atoms with Crippen LogP contribution in [0, 0.1) is 0 Å². The van der Waals surface area contributed by atoms with Crippen LogP contribution in [0.1, 0.15) is 13.8 Å². The first-order chi connectivity index (χ1) is 6.21. The molecule has 0 aliphatic rings. The smallest absolute Gasteiger partial charge is 0.366 e. The lowest BCUT2D eigenvalue weighted by Crippen LogP contribution is -2.40. The van der Waals surface area contributed by atoms with E-state index in [1.54, 1.807) is 6.92 Å². The Morgan fingerprint density at radius 1 is 1.50 bits per heavy atom. The van der Waals surface area contributed by atoms with Gasteiger partial charge in [0.05, 0.1) is 5.88 Å². The van der Waals surface area contributed by atoms with Gasteiger partial charge in [-0.2, -0.15) is 13.2 Å². The summed E-state index contributed by atoms with van der Waals surface area (Å²) in [5.41, 5.74) is 0.438. The van der Waals surface area contributed by atoms with E-state index in [2.05, 4.69) is 12.6 Å². The third kappa shape index (κ3) is 3.61. The topological polar surface area (TPSA) is 3.24 Å². The predicted molar refractivity (Wildman–Crippen MR) is 55.7 cm³/mol. The van der Waals surface area contributed by atoms with Crippen LogP contribution in [0.5, 0.6) is 0 Å². The fourth-order valence-corrected chi connectivity index (χ4v) is 1.16. The molecular formula is C8H13ClF3NS. The van der Waals surface area contributed by atoms with Crippen molar-refractivity contribution in [1.82, 2.24) is 4.90 Å². The number of hydrogen-bond acceptors (Lipinski definition) is 2. The molecule has 1 atom stereocenters. The molecule has 0 saturated heterocycles. The second-order valence-corrected chi connectivity index (χ2v) is 3.80. The van der Waals surface area contributed by atoms with Crippen molar-refractivity contribution < 1.29 is 13.2 Å². The molecule has 0 heterocycles. The van der Waals surface area contributed by atoms with Crippen molar-refractivity contribution in [1.29, 1.82) is 0 Å². The van der Waals surface area contributed by atoms with Crippen LogP contribution in [0.3, 0.4) is 0 Å². The summed E-state index contributed by atoms with van der Waals surface area (Å²) in [7, 11) is 1.37. The summed E-state index contributed by atoms with van der Waals surface area (Å²) in [4.78, 5) is 1.57. The number of halogens is 4. The SMILES string of the molecule is C/C(=C(/S)CCl)N(C)C(C)C(F)(F)F. The van der Waals surface area contributed by atoms with Crippen LogP contribution in [0.2, 0.25) is 0 Å². The molecule has 6 heteroatoms. The van der Waals surface area contributed by atoms with Crippen LogP contribution < -0.4 is 0 Å². The lowest BCUT2D eigenvalue weighted by molar-refractivity contribution is -0.170. The summed E-state index contributed by atoms with van der Waals surface area (Å²) in [5.74, 6) is 0.115. The fourth-order valence-electron chi connectivity index (χ4n) is 0.810. The van der Waals surface area contributed by atoms with Crippen molar-refractivity contribution in [3.63, 3.8) is 0 Å². The Morgan fingerprint density at radius 2 is 1.93 bits per heavy atom. The highest BCUT2D eigenvalue weighted by molar-refractivity contribution is 7.84. The van der Waals surface area contributed by atoms with Gasteiger partial charge in [-0.25, -0.2) is 0 Å². The maximum Gasteiger partial charge on any atom is 0.408 e. The zero-order valence-electron chi connectivity index (χ0n) is 8.19. The first-order valence-electron chi connectivity index (χ1n) is 3.96. The van der Waals surface area contributed by atoms with Crippen LogP contribution in [-0.4, -0.2) is 30.0 Å². The standard InChI is InChI=1S/C8H13ClF3NS/c1-5(7(14)4-9)13(3)6(2)8(10,11)12/h6,14H,4H2,1-3H3/b7-5-. The molecule has 1 nitrogen and oxygen atoms in total. The quantitative estimate of drug-likeness (QED) is 0.592. The van der Waals surface area contributed by atoms with Crippen LogP contribution in [0.15, 0.2) is 10.6 Å². The van der Waals surface area contributed by atoms with Gasteiger partial charge in [-0.05, 0) is 13.8 Å². The van der Waals surface area contributed by atoms with Gasteiger partial charge in [0.1, 0.15) is 6.04 Å². The molecule has 0 bridgehead atoms. The number of thiol groups is 1. The molecule has 0 spiro atoms. The lowest BCUT2D eigenvalue weighted by Gasteiger charge is -2.30. The minimum absolute atomic E-state index is 0.115. The molecular weight excluding hydrogens is 235 g/mol. The molecule has 0 aromatic heterocycles. The molecule has 0 aliphatic heterocycles. The van der Waals surface area contributed by atoms with Crippen molar-refractivity contribution in [3.05, 3.63) is 10.6 Å². The molecule has 14 heavy (non-hydrogen) atoms. The van der Waals surface area contributed by atoms with E-state index >= 15 is 0 Å². The Hall–Kier alpha value is -0.0300. The first kappa shape index (κ1) is 14.0. The van der Waals surface area contributed by atoms with Gasteiger partial charge in [0.15, 0.2) is 0 Å². The van der Waals surface area contributed by atoms with Gasteiger partial charge in [-0.1, -0.05) is 0 Å². The maximum absolute atomic E-state index is 12.3. The molecule has 84 valence electrons. The van der Waals surface area contributed by atoms with E-state index in [4.69, 9.17) is 11.6 Å². The monoisotopic (exact) mass is 247 g/mol. The molecule has 0 N–H and O–H groups in total. The Bertz CT molecular complexity index is 227. The highest BCUT2D eigenvalue weighted by Crippen LogP contribution is 2.27. The third-order valence-corrected chi connectivity index (χ3v) is 3.06. The molecule has 0 saturated carbocycles. The zero-order valence-corrected chi connectivity index (χ0v) is 9.84. The Morgan fingerprint density at radius 3 is 2.21 bits per heavy atom. The highest BCUT2D eigenvalue weighted by Gasteiger charge is 2.39. The average molecular weight is 248 g/mol. The summed E-state index contributed by atoms with van der Waals surface area (Å²) in [6.45, 7) is 2.66. The molecule has 0 radical (unpaired) electrons. The van der Waals surface area contributed by atoms with E-state index in [1.165, 1.54) is 7.05 Å². The Balaban J connectivity index is 4.71. The zero-order chi connectivity index (χ0) is 11.5. The van der Waals surface area contributed by atoms with E-state index in [-0.39, 0.29) is 5.88 Å².